The Balaban J connectivity index is 4.66. The van der Waals surface area contributed by atoms with Crippen molar-refractivity contribution in [1.82, 2.24) is 0 Å². The van der Waals surface area contributed by atoms with Crippen LogP contribution >= 0.6 is 14.1 Å². The summed E-state index contributed by atoms with van der Waals surface area (Å²) in [7, 11) is -2.67. The molecule has 0 unspecified atom stereocenters. The van der Waals surface area contributed by atoms with Crippen molar-refractivity contribution >= 4 is 25.9 Å². The second-order valence-corrected chi connectivity index (χ2v) is 9.11. The summed E-state index contributed by atoms with van der Waals surface area (Å²) in [6, 6.07) is 0. The predicted molar refractivity (Wildman–Crippen MR) is 67.3 cm³/mol. The van der Waals surface area contributed by atoms with Crippen LogP contribution < -0.4 is 0 Å². The van der Waals surface area contributed by atoms with Crippen LogP contribution in [-0.2, 0) is 29.7 Å². The monoisotopic (exact) mass is 274 g/mol. The van der Waals surface area contributed by atoms with Gasteiger partial charge in [-0.15, -0.1) is 0 Å². The summed E-state index contributed by atoms with van der Waals surface area (Å²) >= 11 is 5.15. The van der Waals surface area contributed by atoms with Gasteiger partial charge in [0.1, 0.15) is 0 Å². The largest absolute Gasteiger partial charge is 0.332 e. The second kappa shape index (κ2) is 7.16. The van der Waals surface area contributed by atoms with Gasteiger partial charge >= 0.3 is 6.72 Å². The van der Waals surface area contributed by atoms with Gasteiger partial charge in [0.15, 0.2) is 0 Å². The summed E-state index contributed by atoms with van der Waals surface area (Å²) in [5, 5.41) is 0. The van der Waals surface area contributed by atoms with E-state index in [1.165, 1.54) is 0 Å². The lowest BCUT2D eigenvalue weighted by molar-refractivity contribution is 0.218. The van der Waals surface area contributed by atoms with Crippen LogP contribution in [0.3, 0.4) is 0 Å². The molecule has 0 amide bonds. The Labute approximate surface area is 97.4 Å². The molecule has 0 saturated carbocycles. The lowest BCUT2D eigenvalue weighted by Crippen LogP contribution is -2.01. The van der Waals surface area contributed by atoms with Crippen LogP contribution in [0.2, 0.25) is 0 Å². The van der Waals surface area contributed by atoms with Crippen LogP contribution in [0, 0.1) is 0 Å². The molecule has 0 aromatic carbocycles. The zero-order chi connectivity index (χ0) is 11.9. The SMILES string of the molecule is CCOP(=S)(OCC)OP(=O)(CC)CC. The average Bonchev–Trinajstić information content (AvgIpc) is 2.18. The zero-order valence-electron chi connectivity index (χ0n) is 9.76. The smallest absolute Gasteiger partial charge is 0.309 e. The molecule has 0 rings (SSSR count). The number of hydrogen-bond acceptors (Lipinski definition) is 5. The Morgan fingerprint density at radius 3 is 1.67 bits per heavy atom. The molecular weight excluding hydrogens is 254 g/mol. The van der Waals surface area contributed by atoms with Crippen molar-refractivity contribution in [2.24, 2.45) is 0 Å². The van der Waals surface area contributed by atoms with E-state index in [1.54, 1.807) is 0 Å². The fourth-order valence-corrected chi connectivity index (χ4v) is 6.56. The van der Waals surface area contributed by atoms with Crippen LogP contribution in [0.1, 0.15) is 27.7 Å². The molecule has 15 heavy (non-hydrogen) atoms. The summed E-state index contributed by atoms with van der Waals surface area (Å²) < 4.78 is 28.1. The summed E-state index contributed by atoms with van der Waals surface area (Å²) in [5.41, 5.74) is 0. The van der Waals surface area contributed by atoms with E-state index in [9.17, 15) is 4.57 Å². The van der Waals surface area contributed by atoms with Crippen molar-refractivity contribution in [2.75, 3.05) is 25.5 Å². The molecule has 0 spiro atoms. The van der Waals surface area contributed by atoms with Crippen molar-refractivity contribution in [3.05, 3.63) is 0 Å². The van der Waals surface area contributed by atoms with Crippen LogP contribution in [0.5, 0.6) is 0 Å². The van der Waals surface area contributed by atoms with Gasteiger partial charge in [0.05, 0.1) is 13.2 Å². The van der Waals surface area contributed by atoms with Gasteiger partial charge in [-0.25, -0.2) is 0 Å². The van der Waals surface area contributed by atoms with E-state index < -0.39 is 14.1 Å². The van der Waals surface area contributed by atoms with Gasteiger partial charge in [0.2, 0.25) is 7.37 Å². The third kappa shape index (κ3) is 5.58. The summed E-state index contributed by atoms with van der Waals surface area (Å²) in [5.74, 6) is 0. The van der Waals surface area contributed by atoms with E-state index >= 15 is 0 Å². The summed E-state index contributed by atoms with van der Waals surface area (Å²) in [4.78, 5) is 0. The Bertz CT molecular complexity index is 251. The molecule has 0 aromatic heterocycles. The van der Waals surface area contributed by atoms with Crippen molar-refractivity contribution in [2.45, 2.75) is 27.7 Å². The molecule has 0 aliphatic rings. The predicted octanol–water partition coefficient (Wildman–Crippen LogP) is 3.62. The normalized spacial score (nSPS) is 13.1. The van der Waals surface area contributed by atoms with Gasteiger partial charge in [0, 0.05) is 12.3 Å². The highest BCUT2D eigenvalue weighted by atomic mass is 32.5. The highest BCUT2D eigenvalue weighted by Gasteiger charge is 2.30. The van der Waals surface area contributed by atoms with Gasteiger partial charge in [-0.05, 0) is 25.7 Å². The van der Waals surface area contributed by atoms with E-state index in [4.69, 9.17) is 25.2 Å². The topological polar surface area (TPSA) is 44.8 Å². The minimum atomic E-state index is -2.80. The first-order valence-electron chi connectivity index (χ1n) is 5.13. The van der Waals surface area contributed by atoms with Gasteiger partial charge in [-0.3, -0.25) is 8.88 Å². The Morgan fingerprint density at radius 1 is 1.00 bits per heavy atom. The zero-order valence-corrected chi connectivity index (χ0v) is 12.4. The van der Waals surface area contributed by atoms with Crippen LogP contribution in [-0.4, -0.2) is 25.5 Å². The lowest BCUT2D eigenvalue weighted by Gasteiger charge is -2.24. The third-order valence-electron chi connectivity index (χ3n) is 1.79. The van der Waals surface area contributed by atoms with Crippen molar-refractivity contribution < 1.29 is 17.9 Å². The maximum absolute atomic E-state index is 12.1. The highest BCUT2D eigenvalue weighted by Crippen LogP contribution is 2.64. The molecular formula is C8H20O4P2S. The van der Waals surface area contributed by atoms with Crippen molar-refractivity contribution in [1.29, 1.82) is 0 Å². The molecule has 0 bridgehead atoms. The average molecular weight is 274 g/mol. The van der Waals surface area contributed by atoms with Gasteiger partial charge in [-0.1, -0.05) is 13.8 Å². The maximum atomic E-state index is 12.1. The van der Waals surface area contributed by atoms with Gasteiger partial charge < -0.3 is 9.05 Å². The van der Waals surface area contributed by atoms with Gasteiger partial charge in [0.25, 0.3) is 0 Å². The molecule has 0 aliphatic carbocycles. The lowest BCUT2D eigenvalue weighted by atomic mass is 10.9. The molecule has 4 nitrogen and oxygen atoms in total. The van der Waals surface area contributed by atoms with E-state index in [0.29, 0.717) is 25.5 Å². The standard InChI is InChI=1S/C8H20O4P2S/c1-5-10-14(15,11-6-2)12-13(9,7-3)8-4/h5-8H2,1-4H3. The minimum Gasteiger partial charge on any atom is -0.309 e. The first-order chi connectivity index (χ1) is 6.95. The molecule has 0 aliphatic heterocycles. The molecule has 92 valence electrons. The molecule has 0 aromatic rings. The molecule has 0 atom stereocenters. The van der Waals surface area contributed by atoms with E-state index in [0.717, 1.165) is 0 Å². The Hall–Kier alpha value is 0.760. The molecule has 0 radical (unpaired) electrons. The Morgan fingerprint density at radius 2 is 1.40 bits per heavy atom. The van der Waals surface area contributed by atoms with Crippen LogP contribution in [0.4, 0.5) is 0 Å². The number of rotatable bonds is 8. The van der Waals surface area contributed by atoms with E-state index in [1.807, 2.05) is 27.7 Å². The van der Waals surface area contributed by atoms with Crippen LogP contribution in [0.25, 0.3) is 0 Å². The molecule has 0 fully saturated rings. The first-order valence-corrected chi connectivity index (χ1v) is 9.68. The summed E-state index contributed by atoms with van der Waals surface area (Å²) in [6.45, 7) is 5.28. The quantitative estimate of drug-likeness (QED) is 0.632. The van der Waals surface area contributed by atoms with Crippen LogP contribution in [0.15, 0.2) is 0 Å². The number of hydrogen-bond donors (Lipinski definition) is 0. The highest BCUT2D eigenvalue weighted by molar-refractivity contribution is 8.09. The molecule has 0 saturated heterocycles. The fourth-order valence-electron chi connectivity index (χ4n) is 0.922. The molecule has 0 heterocycles. The second-order valence-electron chi connectivity index (χ2n) is 2.81. The maximum Gasteiger partial charge on any atom is 0.332 e. The molecule has 0 N–H and O–H groups in total. The minimum absolute atomic E-state index is 0.407. The van der Waals surface area contributed by atoms with E-state index in [2.05, 4.69) is 0 Å². The van der Waals surface area contributed by atoms with Crippen molar-refractivity contribution in [3.63, 3.8) is 0 Å². The third-order valence-corrected chi connectivity index (χ3v) is 8.09. The first kappa shape index (κ1) is 15.8. The Kier molecular flexibility index (Phi) is 7.52. The fraction of sp³-hybridized carbons (Fsp3) is 1.00. The molecule has 7 heteroatoms. The summed E-state index contributed by atoms with van der Waals surface area (Å²) in [6.07, 6.45) is 0.921. The van der Waals surface area contributed by atoms with Crippen molar-refractivity contribution in [3.8, 4) is 0 Å². The van der Waals surface area contributed by atoms with Gasteiger partial charge in [-0.2, -0.15) is 0 Å². The van der Waals surface area contributed by atoms with E-state index in [-0.39, 0.29) is 0 Å².